The monoisotopic (exact) mass is 196 g/mol. The van der Waals surface area contributed by atoms with Crippen molar-refractivity contribution in [2.45, 2.75) is 52.1 Å². The largest absolute Gasteiger partial charge is 0.385 e. The maximum Gasteiger partial charge on any atom is 0.184 e. The standard InChI is InChI=1S/C12H20O2/c1-9(2)8-11(13)12(14)10-6-4-3-5-7-10/h8,10,12,14H,3-7H2,1-2H3. The molecule has 80 valence electrons. The summed E-state index contributed by atoms with van der Waals surface area (Å²) in [5, 5.41) is 9.80. The van der Waals surface area contributed by atoms with Crippen LogP contribution in [0.25, 0.3) is 0 Å². The van der Waals surface area contributed by atoms with Gasteiger partial charge in [-0.15, -0.1) is 0 Å². The SMILES string of the molecule is CC(C)=CC(=O)C(O)C1CCCCC1. The van der Waals surface area contributed by atoms with Crippen molar-refractivity contribution in [3.05, 3.63) is 11.6 Å². The summed E-state index contributed by atoms with van der Waals surface area (Å²) in [7, 11) is 0. The van der Waals surface area contributed by atoms with Gasteiger partial charge in [0.25, 0.3) is 0 Å². The molecule has 1 aliphatic rings. The Morgan fingerprint density at radius 1 is 1.29 bits per heavy atom. The van der Waals surface area contributed by atoms with Crippen LogP contribution in [0.3, 0.4) is 0 Å². The van der Waals surface area contributed by atoms with E-state index in [1.165, 1.54) is 6.42 Å². The number of ketones is 1. The normalized spacial score (nSPS) is 20.2. The molecule has 0 saturated heterocycles. The van der Waals surface area contributed by atoms with Gasteiger partial charge in [-0.2, -0.15) is 0 Å². The summed E-state index contributed by atoms with van der Waals surface area (Å²) >= 11 is 0. The summed E-state index contributed by atoms with van der Waals surface area (Å²) in [4.78, 5) is 11.5. The first kappa shape index (κ1) is 11.4. The number of allylic oxidation sites excluding steroid dienone is 1. The molecule has 1 N–H and O–H groups in total. The minimum Gasteiger partial charge on any atom is -0.385 e. The Bertz CT molecular complexity index is 220. The second-order valence-electron chi connectivity index (χ2n) is 4.47. The molecule has 14 heavy (non-hydrogen) atoms. The number of hydrogen-bond donors (Lipinski definition) is 1. The van der Waals surface area contributed by atoms with Crippen LogP contribution in [-0.2, 0) is 4.79 Å². The molecule has 0 bridgehead atoms. The van der Waals surface area contributed by atoms with Crippen LogP contribution in [0.2, 0.25) is 0 Å². The lowest BCUT2D eigenvalue weighted by molar-refractivity contribution is -0.125. The summed E-state index contributed by atoms with van der Waals surface area (Å²) in [6.07, 6.45) is 6.37. The van der Waals surface area contributed by atoms with Crippen LogP contribution in [-0.4, -0.2) is 17.0 Å². The molecular weight excluding hydrogens is 176 g/mol. The highest BCUT2D eigenvalue weighted by atomic mass is 16.3. The highest BCUT2D eigenvalue weighted by Gasteiger charge is 2.25. The molecule has 0 aromatic rings. The molecular formula is C12H20O2. The number of rotatable bonds is 3. The maximum absolute atomic E-state index is 11.5. The van der Waals surface area contributed by atoms with E-state index >= 15 is 0 Å². The zero-order valence-electron chi connectivity index (χ0n) is 9.12. The van der Waals surface area contributed by atoms with E-state index in [4.69, 9.17) is 0 Å². The first-order chi connectivity index (χ1) is 6.61. The Balaban J connectivity index is 2.50. The van der Waals surface area contributed by atoms with Crippen molar-refractivity contribution in [1.29, 1.82) is 0 Å². The fraction of sp³-hybridized carbons (Fsp3) is 0.750. The summed E-state index contributed by atoms with van der Waals surface area (Å²) in [5.74, 6) is 0.0868. The number of hydrogen-bond acceptors (Lipinski definition) is 2. The highest BCUT2D eigenvalue weighted by molar-refractivity contribution is 5.94. The number of aliphatic hydroxyl groups excluding tert-OH is 1. The Hall–Kier alpha value is -0.630. The van der Waals surface area contributed by atoms with Crippen LogP contribution in [0.4, 0.5) is 0 Å². The molecule has 1 fully saturated rings. The molecule has 1 rings (SSSR count). The molecule has 1 atom stereocenters. The first-order valence-electron chi connectivity index (χ1n) is 5.48. The third-order valence-electron chi connectivity index (χ3n) is 2.82. The van der Waals surface area contributed by atoms with E-state index in [1.54, 1.807) is 6.08 Å². The summed E-state index contributed by atoms with van der Waals surface area (Å²) in [5.41, 5.74) is 0.963. The Kier molecular flexibility index (Phi) is 4.33. The Morgan fingerprint density at radius 3 is 2.36 bits per heavy atom. The molecule has 1 unspecified atom stereocenters. The van der Waals surface area contributed by atoms with E-state index < -0.39 is 6.10 Å². The van der Waals surface area contributed by atoms with E-state index in [9.17, 15) is 9.90 Å². The van der Waals surface area contributed by atoms with Gasteiger partial charge in [0, 0.05) is 0 Å². The van der Waals surface area contributed by atoms with E-state index in [0.29, 0.717) is 0 Å². The Morgan fingerprint density at radius 2 is 1.86 bits per heavy atom. The van der Waals surface area contributed by atoms with E-state index in [1.807, 2.05) is 13.8 Å². The number of carbonyl (C=O) groups excluding carboxylic acids is 1. The van der Waals surface area contributed by atoms with E-state index in [0.717, 1.165) is 31.3 Å². The second-order valence-corrected chi connectivity index (χ2v) is 4.47. The predicted molar refractivity (Wildman–Crippen MR) is 57.0 cm³/mol. The van der Waals surface area contributed by atoms with Crippen LogP contribution in [0.5, 0.6) is 0 Å². The molecule has 1 saturated carbocycles. The summed E-state index contributed by atoms with van der Waals surface area (Å²) in [6, 6.07) is 0. The lowest BCUT2D eigenvalue weighted by Crippen LogP contribution is -2.29. The molecule has 2 heteroatoms. The Labute approximate surface area is 86.0 Å². The molecule has 0 aromatic heterocycles. The van der Waals surface area contributed by atoms with Crippen molar-refractivity contribution in [1.82, 2.24) is 0 Å². The molecule has 0 spiro atoms. The molecule has 0 aromatic carbocycles. The molecule has 2 nitrogen and oxygen atoms in total. The molecule has 0 aliphatic heterocycles. The number of aliphatic hydroxyl groups is 1. The fourth-order valence-corrected chi connectivity index (χ4v) is 2.05. The lowest BCUT2D eigenvalue weighted by Gasteiger charge is -2.24. The molecule has 1 aliphatic carbocycles. The average molecular weight is 196 g/mol. The van der Waals surface area contributed by atoms with Gasteiger partial charge in [-0.1, -0.05) is 24.8 Å². The zero-order chi connectivity index (χ0) is 10.6. The maximum atomic E-state index is 11.5. The van der Waals surface area contributed by atoms with Crippen LogP contribution in [0, 0.1) is 5.92 Å². The topological polar surface area (TPSA) is 37.3 Å². The van der Waals surface area contributed by atoms with Gasteiger partial charge in [-0.3, -0.25) is 4.79 Å². The van der Waals surface area contributed by atoms with Crippen LogP contribution in [0.15, 0.2) is 11.6 Å². The smallest absolute Gasteiger partial charge is 0.184 e. The van der Waals surface area contributed by atoms with Gasteiger partial charge in [0.1, 0.15) is 6.10 Å². The highest BCUT2D eigenvalue weighted by Crippen LogP contribution is 2.27. The van der Waals surface area contributed by atoms with Crippen LogP contribution in [0.1, 0.15) is 46.0 Å². The van der Waals surface area contributed by atoms with Gasteiger partial charge in [0.05, 0.1) is 0 Å². The fourth-order valence-electron chi connectivity index (χ4n) is 2.05. The van der Waals surface area contributed by atoms with Gasteiger partial charge >= 0.3 is 0 Å². The van der Waals surface area contributed by atoms with Gasteiger partial charge < -0.3 is 5.11 Å². The van der Waals surface area contributed by atoms with Gasteiger partial charge in [0.15, 0.2) is 5.78 Å². The zero-order valence-corrected chi connectivity index (χ0v) is 9.12. The average Bonchev–Trinajstić information content (AvgIpc) is 2.17. The first-order valence-corrected chi connectivity index (χ1v) is 5.48. The van der Waals surface area contributed by atoms with Crippen molar-refractivity contribution < 1.29 is 9.90 Å². The van der Waals surface area contributed by atoms with Gasteiger partial charge in [-0.05, 0) is 38.7 Å². The minimum atomic E-state index is -0.759. The molecule has 0 radical (unpaired) electrons. The van der Waals surface area contributed by atoms with Crippen molar-refractivity contribution in [2.75, 3.05) is 0 Å². The van der Waals surface area contributed by atoms with Crippen molar-refractivity contribution in [3.63, 3.8) is 0 Å². The van der Waals surface area contributed by atoms with Crippen molar-refractivity contribution in [3.8, 4) is 0 Å². The summed E-state index contributed by atoms with van der Waals surface area (Å²) < 4.78 is 0. The molecule has 0 heterocycles. The third kappa shape index (κ3) is 3.26. The van der Waals surface area contributed by atoms with E-state index in [2.05, 4.69) is 0 Å². The van der Waals surface area contributed by atoms with Crippen molar-refractivity contribution >= 4 is 5.78 Å². The van der Waals surface area contributed by atoms with Gasteiger partial charge in [0.2, 0.25) is 0 Å². The van der Waals surface area contributed by atoms with Crippen molar-refractivity contribution in [2.24, 2.45) is 5.92 Å². The third-order valence-corrected chi connectivity index (χ3v) is 2.82. The number of carbonyl (C=O) groups is 1. The van der Waals surface area contributed by atoms with Crippen LogP contribution < -0.4 is 0 Å². The minimum absolute atomic E-state index is 0.114. The quantitative estimate of drug-likeness (QED) is 0.704. The van der Waals surface area contributed by atoms with Crippen LogP contribution >= 0.6 is 0 Å². The summed E-state index contributed by atoms with van der Waals surface area (Å²) in [6.45, 7) is 3.76. The van der Waals surface area contributed by atoms with Gasteiger partial charge in [-0.25, -0.2) is 0 Å². The van der Waals surface area contributed by atoms with E-state index in [-0.39, 0.29) is 11.7 Å². The lowest BCUT2D eigenvalue weighted by atomic mass is 9.83. The molecule has 0 amide bonds. The predicted octanol–water partition coefficient (Wildman–Crippen LogP) is 2.46. The second kappa shape index (κ2) is 5.30.